The van der Waals surface area contributed by atoms with E-state index in [0.29, 0.717) is 17.7 Å². The van der Waals surface area contributed by atoms with Gasteiger partial charge in [-0.1, -0.05) is 72.8 Å². The molecule has 39 heavy (non-hydrogen) atoms. The Bertz CT molecular complexity index is 1470. The summed E-state index contributed by atoms with van der Waals surface area (Å²) in [5.74, 6) is -0.778. The number of benzene rings is 3. The van der Waals surface area contributed by atoms with Crippen LogP contribution >= 0.6 is 11.8 Å². The third-order valence-corrected chi connectivity index (χ3v) is 7.12. The second kappa shape index (κ2) is 13.6. The summed E-state index contributed by atoms with van der Waals surface area (Å²) in [5.41, 5.74) is 7.45. The number of aryl methyl sites for hydroxylation is 1. The lowest BCUT2D eigenvalue weighted by molar-refractivity contribution is -0.139. The van der Waals surface area contributed by atoms with Crippen molar-refractivity contribution in [3.63, 3.8) is 0 Å². The van der Waals surface area contributed by atoms with Crippen LogP contribution in [0.2, 0.25) is 0 Å². The van der Waals surface area contributed by atoms with E-state index in [2.05, 4.69) is 28.5 Å². The van der Waals surface area contributed by atoms with E-state index in [-0.39, 0.29) is 0 Å². The molecular weight excluding hydrogens is 504 g/mol. The van der Waals surface area contributed by atoms with Crippen LogP contribution in [0.5, 0.6) is 0 Å². The lowest BCUT2D eigenvalue weighted by Crippen LogP contribution is -2.41. The molecular formula is C33H32N2O3S. The first-order valence-electron chi connectivity index (χ1n) is 12.8. The van der Waals surface area contributed by atoms with Gasteiger partial charge in [0.1, 0.15) is 6.04 Å². The van der Waals surface area contributed by atoms with E-state index in [9.17, 15) is 14.7 Å². The molecule has 0 bridgehead atoms. The molecule has 5 nitrogen and oxygen atoms in total. The number of nitrogens with one attached hydrogen (secondary N) is 1. The molecule has 0 aliphatic carbocycles. The van der Waals surface area contributed by atoms with E-state index in [0.717, 1.165) is 39.8 Å². The second-order valence-corrected chi connectivity index (χ2v) is 10.4. The standard InChI is InChI=1S/C33H32N2O3S/c1-23-8-6-7-11-28(23)30-20-25(14-15-29(30)32(36)35-31(33(37)38)16-17-39-2)12-13-26-19-27(22-34-21-26)18-24-9-4-3-5-10-24/h3-15,19-22,31H,16-18H2,1-2H3,(H,35,36)(H,37,38)/b13-12+/t31-/m0/s1. The molecule has 0 spiro atoms. The molecule has 0 aliphatic rings. The predicted octanol–water partition coefficient (Wildman–Crippen LogP) is 6.75. The number of carbonyl (C=O) groups is 2. The summed E-state index contributed by atoms with van der Waals surface area (Å²) in [6.07, 6.45) is 10.8. The van der Waals surface area contributed by atoms with Gasteiger partial charge in [-0.15, -0.1) is 0 Å². The maximum Gasteiger partial charge on any atom is 0.326 e. The molecule has 6 heteroatoms. The van der Waals surface area contributed by atoms with Crippen molar-refractivity contribution < 1.29 is 14.7 Å². The molecule has 0 fully saturated rings. The monoisotopic (exact) mass is 536 g/mol. The normalized spacial score (nSPS) is 11.8. The number of carbonyl (C=O) groups excluding carboxylic acids is 1. The third kappa shape index (κ3) is 7.68. The van der Waals surface area contributed by atoms with Gasteiger partial charge in [-0.2, -0.15) is 11.8 Å². The molecule has 0 saturated carbocycles. The highest BCUT2D eigenvalue weighted by Crippen LogP contribution is 2.29. The molecule has 1 aromatic heterocycles. The van der Waals surface area contributed by atoms with Gasteiger partial charge in [-0.05, 0) is 88.9 Å². The Morgan fingerprint density at radius 1 is 0.897 bits per heavy atom. The minimum absolute atomic E-state index is 0.361. The number of hydrogen-bond donors (Lipinski definition) is 2. The summed E-state index contributed by atoms with van der Waals surface area (Å²) in [5, 5.41) is 12.3. The Balaban J connectivity index is 1.62. The SMILES string of the molecule is CSCC[C@H](NC(=O)c1ccc(/C=C/c2cncc(Cc3ccccc3)c2)cc1-c1ccccc1C)C(=O)O. The van der Waals surface area contributed by atoms with Gasteiger partial charge in [-0.25, -0.2) is 4.79 Å². The van der Waals surface area contributed by atoms with Crippen molar-refractivity contribution in [3.05, 3.63) is 125 Å². The molecule has 0 radical (unpaired) electrons. The Kier molecular flexibility index (Phi) is 9.70. The van der Waals surface area contributed by atoms with Crippen molar-refractivity contribution in [2.75, 3.05) is 12.0 Å². The van der Waals surface area contributed by atoms with Gasteiger partial charge in [0.15, 0.2) is 0 Å². The van der Waals surface area contributed by atoms with Gasteiger partial charge in [-0.3, -0.25) is 9.78 Å². The number of carboxylic acids is 1. The van der Waals surface area contributed by atoms with E-state index in [4.69, 9.17) is 0 Å². The van der Waals surface area contributed by atoms with Crippen molar-refractivity contribution in [2.45, 2.75) is 25.8 Å². The van der Waals surface area contributed by atoms with Gasteiger partial charge in [0, 0.05) is 18.0 Å². The van der Waals surface area contributed by atoms with Gasteiger partial charge in [0.2, 0.25) is 0 Å². The van der Waals surface area contributed by atoms with Crippen LogP contribution in [-0.4, -0.2) is 40.0 Å². The van der Waals surface area contributed by atoms with Gasteiger partial charge in [0.05, 0.1) is 0 Å². The number of aromatic nitrogens is 1. The van der Waals surface area contributed by atoms with Crippen molar-refractivity contribution in [1.29, 1.82) is 0 Å². The van der Waals surface area contributed by atoms with Gasteiger partial charge in [0.25, 0.3) is 5.91 Å². The highest BCUT2D eigenvalue weighted by atomic mass is 32.2. The van der Waals surface area contributed by atoms with E-state index in [1.807, 2.05) is 92.3 Å². The summed E-state index contributed by atoms with van der Waals surface area (Å²) < 4.78 is 0. The number of rotatable bonds is 11. The van der Waals surface area contributed by atoms with Crippen molar-refractivity contribution in [3.8, 4) is 11.1 Å². The topological polar surface area (TPSA) is 79.3 Å². The van der Waals surface area contributed by atoms with Crippen LogP contribution in [-0.2, 0) is 11.2 Å². The van der Waals surface area contributed by atoms with Crippen LogP contribution in [0, 0.1) is 6.92 Å². The Labute approximate surface area is 234 Å². The van der Waals surface area contributed by atoms with Crippen LogP contribution < -0.4 is 5.32 Å². The highest BCUT2D eigenvalue weighted by molar-refractivity contribution is 7.98. The maximum atomic E-state index is 13.3. The molecule has 1 atom stereocenters. The average Bonchev–Trinajstić information content (AvgIpc) is 2.95. The number of aliphatic carboxylic acids is 1. The minimum atomic E-state index is -1.03. The Morgan fingerprint density at radius 2 is 1.64 bits per heavy atom. The number of pyridine rings is 1. The quantitative estimate of drug-likeness (QED) is 0.222. The van der Waals surface area contributed by atoms with Crippen molar-refractivity contribution in [2.24, 2.45) is 0 Å². The molecule has 3 aromatic carbocycles. The summed E-state index contributed by atoms with van der Waals surface area (Å²) in [6.45, 7) is 2.00. The fourth-order valence-corrected chi connectivity index (χ4v) is 4.88. The van der Waals surface area contributed by atoms with Crippen molar-refractivity contribution in [1.82, 2.24) is 10.3 Å². The molecule has 1 heterocycles. The molecule has 0 aliphatic heterocycles. The zero-order valence-electron chi connectivity index (χ0n) is 22.1. The second-order valence-electron chi connectivity index (χ2n) is 9.39. The Hall–Kier alpha value is -4.16. The number of thioether (sulfide) groups is 1. The summed E-state index contributed by atoms with van der Waals surface area (Å²) in [7, 11) is 0. The number of amides is 1. The Morgan fingerprint density at radius 3 is 2.38 bits per heavy atom. The molecule has 4 rings (SSSR count). The molecule has 0 saturated heterocycles. The smallest absolute Gasteiger partial charge is 0.326 e. The summed E-state index contributed by atoms with van der Waals surface area (Å²) in [4.78, 5) is 29.5. The van der Waals surface area contributed by atoms with E-state index in [1.54, 1.807) is 17.8 Å². The van der Waals surface area contributed by atoms with Gasteiger partial charge >= 0.3 is 5.97 Å². The first-order valence-corrected chi connectivity index (χ1v) is 14.2. The highest BCUT2D eigenvalue weighted by Gasteiger charge is 2.22. The van der Waals surface area contributed by atoms with Crippen LogP contribution in [0.25, 0.3) is 23.3 Å². The zero-order chi connectivity index (χ0) is 27.6. The predicted molar refractivity (Wildman–Crippen MR) is 161 cm³/mol. The summed E-state index contributed by atoms with van der Waals surface area (Å²) in [6, 6.07) is 25.0. The molecule has 198 valence electrons. The molecule has 4 aromatic rings. The summed E-state index contributed by atoms with van der Waals surface area (Å²) >= 11 is 1.55. The lowest BCUT2D eigenvalue weighted by atomic mass is 9.93. The van der Waals surface area contributed by atoms with E-state index in [1.165, 1.54) is 5.56 Å². The largest absolute Gasteiger partial charge is 0.480 e. The van der Waals surface area contributed by atoms with Crippen LogP contribution in [0.15, 0.2) is 91.3 Å². The van der Waals surface area contributed by atoms with E-state index < -0.39 is 17.9 Å². The van der Waals surface area contributed by atoms with Crippen LogP contribution in [0.3, 0.4) is 0 Å². The number of nitrogens with zero attached hydrogens (tertiary/aromatic N) is 1. The lowest BCUT2D eigenvalue weighted by Gasteiger charge is -2.17. The first kappa shape index (κ1) is 27.9. The van der Waals surface area contributed by atoms with Crippen LogP contribution in [0.4, 0.5) is 0 Å². The third-order valence-electron chi connectivity index (χ3n) is 6.47. The number of carboxylic acid groups (broad SMARTS) is 1. The molecule has 2 N–H and O–H groups in total. The molecule has 0 unspecified atom stereocenters. The fourth-order valence-electron chi connectivity index (χ4n) is 4.41. The fraction of sp³-hybridized carbons (Fsp3) is 0.182. The molecule has 1 amide bonds. The minimum Gasteiger partial charge on any atom is -0.480 e. The van der Waals surface area contributed by atoms with E-state index >= 15 is 0 Å². The maximum absolute atomic E-state index is 13.3. The first-order chi connectivity index (χ1) is 18.9. The number of hydrogen-bond acceptors (Lipinski definition) is 4. The average molecular weight is 537 g/mol. The zero-order valence-corrected chi connectivity index (χ0v) is 22.9. The van der Waals surface area contributed by atoms with Gasteiger partial charge < -0.3 is 10.4 Å². The van der Waals surface area contributed by atoms with Crippen LogP contribution in [0.1, 0.15) is 44.6 Å². The van der Waals surface area contributed by atoms with Crippen molar-refractivity contribution >= 4 is 35.8 Å².